The fourth-order valence-electron chi connectivity index (χ4n) is 4.89. The van der Waals surface area contributed by atoms with E-state index >= 15 is 0 Å². The van der Waals surface area contributed by atoms with Crippen molar-refractivity contribution in [2.45, 2.75) is 115 Å². The van der Waals surface area contributed by atoms with Crippen LogP contribution in [0.4, 0.5) is 0 Å². The average molecular weight is 571 g/mol. The zero-order valence-corrected chi connectivity index (χ0v) is 24.7. The lowest BCUT2D eigenvalue weighted by molar-refractivity contribution is -0.155. The summed E-state index contributed by atoms with van der Waals surface area (Å²) in [5.74, 6) is -2.37. The first-order chi connectivity index (χ1) is 18.5. The summed E-state index contributed by atoms with van der Waals surface area (Å²) in [4.78, 5) is 65.8. The van der Waals surface area contributed by atoms with E-state index in [1.165, 1.54) is 6.92 Å². The van der Waals surface area contributed by atoms with Crippen LogP contribution in [-0.4, -0.2) is 77.3 Å². The number of aldehydes is 1. The second-order valence-corrected chi connectivity index (χ2v) is 11.5. The van der Waals surface area contributed by atoms with Crippen molar-refractivity contribution in [1.82, 2.24) is 15.5 Å². The Kier molecular flexibility index (Phi) is 16.5. The fraction of sp³-hybridized carbons (Fsp3) is 0.815. The van der Waals surface area contributed by atoms with Crippen LogP contribution in [0.15, 0.2) is 0 Å². The van der Waals surface area contributed by atoms with Gasteiger partial charge >= 0.3 is 0 Å². The SMILES string of the molecule is CC(C)CC(C(=O)NC(C=O)CS)N(C(=O)C(C)NC(=O)C(N)CCCCN)C(=O)[C@@H](N)CC1CCCCC1. The second kappa shape index (κ2) is 18.4. The summed E-state index contributed by atoms with van der Waals surface area (Å²) >= 11 is 4.09. The molecule has 1 aliphatic carbocycles. The van der Waals surface area contributed by atoms with Crippen LogP contribution in [0.2, 0.25) is 0 Å². The molecule has 1 rings (SSSR count). The predicted octanol–water partition coefficient (Wildman–Crippen LogP) is 0.629. The summed E-state index contributed by atoms with van der Waals surface area (Å²) in [6.45, 7) is 5.65. The van der Waals surface area contributed by atoms with E-state index in [0.29, 0.717) is 32.1 Å². The van der Waals surface area contributed by atoms with Gasteiger partial charge in [-0.25, -0.2) is 0 Å². The van der Waals surface area contributed by atoms with Crippen LogP contribution >= 0.6 is 12.6 Å². The van der Waals surface area contributed by atoms with Gasteiger partial charge in [0, 0.05) is 5.75 Å². The molecule has 1 aliphatic rings. The lowest BCUT2D eigenvalue weighted by Crippen LogP contribution is -2.62. The van der Waals surface area contributed by atoms with Crippen molar-refractivity contribution in [3.05, 3.63) is 0 Å². The van der Waals surface area contributed by atoms with Crippen molar-refractivity contribution in [3.63, 3.8) is 0 Å². The summed E-state index contributed by atoms with van der Waals surface area (Å²) in [5.41, 5.74) is 17.9. The third kappa shape index (κ3) is 11.9. The first-order valence-electron chi connectivity index (χ1n) is 14.2. The zero-order chi connectivity index (χ0) is 29.5. The lowest BCUT2D eigenvalue weighted by Gasteiger charge is -2.35. The van der Waals surface area contributed by atoms with E-state index in [0.717, 1.165) is 43.4 Å². The number of carbonyl (C=O) groups is 5. The van der Waals surface area contributed by atoms with Crippen LogP contribution in [0.3, 0.4) is 0 Å². The number of hydrogen-bond donors (Lipinski definition) is 6. The highest BCUT2D eigenvalue weighted by molar-refractivity contribution is 7.80. The maximum absolute atomic E-state index is 13.8. The number of hydrogen-bond acceptors (Lipinski definition) is 9. The van der Waals surface area contributed by atoms with Crippen LogP contribution in [0.5, 0.6) is 0 Å². The molecule has 0 bridgehead atoms. The number of nitrogens with two attached hydrogens (primary N) is 3. The van der Waals surface area contributed by atoms with Gasteiger partial charge in [0.25, 0.3) is 5.91 Å². The second-order valence-electron chi connectivity index (χ2n) is 11.1. The third-order valence-corrected chi connectivity index (χ3v) is 7.53. The number of rotatable bonds is 17. The van der Waals surface area contributed by atoms with E-state index in [4.69, 9.17) is 17.2 Å². The van der Waals surface area contributed by atoms with Gasteiger partial charge in [-0.3, -0.25) is 24.1 Å². The molecule has 0 radical (unpaired) electrons. The Bertz CT molecular complexity index is 808. The molecular weight excluding hydrogens is 520 g/mol. The molecule has 0 aromatic heterocycles. The lowest BCUT2D eigenvalue weighted by atomic mass is 9.84. The van der Waals surface area contributed by atoms with Crippen LogP contribution in [-0.2, 0) is 24.0 Å². The van der Waals surface area contributed by atoms with Crippen molar-refractivity contribution in [2.75, 3.05) is 12.3 Å². The molecule has 1 saturated carbocycles. The van der Waals surface area contributed by atoms with Gasteiger partial charge in [-0.1, -0.05) is 52.4 Å². The van der Waals surface area contributed by atoms with Crippen LogP contribution < -0.4 is 27.8 Å². The average Bonchev–Trinajstić information content (AvgIpc) is 2.91. The maximum atomic E-state index is 13.8. The quantitative estimate of drug-likeness (QED) is 0.0833. The van der Waals surface area contributed by atoms with Crippen LogP contribution in [0.25, 0.3) is 0 Å². The van der Waals surface area contributed by atoms with E-state index in [-0.39, 0.29) is 24.0 Å². The fourth-order valence-corrected chi connectivity index (χ4v) is 5.06. The molecule has 0 saturated heterocycles. The molecule has 0 aromatic rings. The highest BCUT2D eigenvalue weighted by Gasteiger charge is 2.40. The van der Waals surface area contributed by atoms with Gasteiger partial charge in [0.15, 0.2) is 0 Å². The number of imide groups is 1. The molecule has 4 amide bonds. The summed E-state index contributed by atoms with van der Waals surface area (Å²) in [6.07, 6.45) is 8.08. The summed E-state index contributed by atoms with van der Waals surface area (Å²) in [6, 6.07) is -5.08. The molecular formula is C27H50N6O5S. The first-order valence-corrected chi connectivity index (χ1v) is 14.8. The molecule has 224 valence electrons. The highest BCUT2D eigenvalue weighted by Crippen LogP contribution is 2.28. The minimum atomic E-state index is -1.22. The van der Waals surface area contributed by atoms with Gasteiger partial charge < -0.3 is 32.6 Å². The van der Waals surface area contributed by atoms with Gasteiger partial charge in [0.2, 0.25) is 17.7 Å². The molecule has 0 heterocycles. The van der Waals surface area contributed by atoms with Crippen molar-refractivity contribution >= 4 is 42.5 Å². The summed E-state index contributed by atoms with van der Waals surface area (Å²) in [5, 5.41) is 5.16. The summed E-state index contributed by atoms with van der Waals surface area (Å²) in [7, 11) is 0. The number of nitrogens with zero attached hydrogens (tertiary/aromatic N) is 1. The van der Waals surface area contributed by atoms with E-state index in [2.05, 4.69) is 23.3 Å². The predicted molar refractivity (Wildman–Crippen MR) is 155 cm³/mol. The molecule has 39 heavy (non-hydrogen) atoms. The van der Waals surface area contributed by atoms with Gasteiger partial charge in [-0.15, -0.1) is 0 Å². The standard InChI is InChI=1S/C27H50N6O5S/c1-17(2)13-23(25(36)32-20(15-34)16-39)33(27(38)22(30)14-19-9-5-4-6-10-19)26(37)18(3)31-24(35)21(29)11-7-8-12-28/h15,17-23,39H,4-14,16,28-30H2,1-3H3,(H,31,35)(H,32,36)/t18?,20?,21?,22-,23?/m0/s1. The normalized spacial score (nSPS) is 17.9. The van der Waals surface area contributed by atoms with Gasteiger partial charge in [0.05, 0.1) is 18.1 Å². The maximum Gasteiger partial charge on any atom is 0.252 e. The number of amides is 4. The first kappa shape index (κ1) is 35.0. The highest BCUT2D eigenvalue weighted by atomic mass is 32.1. The summed E-state index contributed by atoms with van der Waals surface area (Å²) < 4.78 is 0. The number of carbonyl (C=O) groups excluding carboxylic acids is 5. The number of nitrogens with one attached hydrogen (secondary N) is 2. The Hall–Kier alpha value is -2.02. The molecule has 12 heteroatoms. The minimum Gasteiger partial charge on any atom is -0.344 e. The molecule has 5 atom stereocenters. The Balaban J connectivity index is 3.25. The zero-order valence-electron chi connectivity index (χ0n) is 23.8. The largest absolute Gasteiger partial charge is 0.344 e. The van der Waals surface area contributed by atoms with Gasteiger partial charge in [-0.2, -0.15) is 12.6 Å². The van der Waals surface area contributed by atoms with E-state index in [1.54, 1.807) is 0 Å². The van der Waals surface area contributed by atoms with Crippen molar-refractivity contribution in [2.24, 2.45) is 29.0 Å². The Morgan fingerprint density at radius 1 is 0.949 bits per heavy atom. The van der Waals surface area contributed by atoms with Gasteiger partial charge in [0.1, 0.15) is 18.4 Å². The van der Waals surface area contributed by atoms with Gasteiger partial charge in [-0.05, 0) is 51.0 Å². The van der Waals surface area contributed by atoms with Crippen LogP contribution in [0.1, 0.15) is 85.0 Å². The third-order valence-electron chi connectivity index (χ3n) is 7.14. The Labute approximate surface area is 238 Å². The smallest absolute Gasteiger partial charge is 0.252 e. The molecule has 8 N–H and O–H groups in total. The molecule has 1 fully saturated rings. The number of thiol groups is 1. The van der Waals surface area contributed by atoms with Crippen molar-refractivity contribution in [3.8, 4) is 0 Å². The molecule has 11 nitrogen and oxygen atoms in total. The molecule has 4 unspecified atom stereocenters. The van der Waals surface area contributed by atoms with E-state index in [1.807, 2.05) is 13.8 Å². The van der Waals surface area contributed by atoms with Crippen molar-refractivity contribution < 1.29 is 24.0 Å². The minimum absolute atomic E-state index is 0.0568. The Morgan fingerprint density at radius 2 is 1.59 bits per heavy atom. The topological polar surface area (TPSA) is 191 Å². The van der Waals surface area contributed by atoms with E-state index < -0.39 is 53.8 Å². The van der Waals surface area contributed by atoms with E-state index in [9.17, 15) is 24.0 Å². The van der Waals surface area contributed by atoms with Crippen LogP contribution in [0, 0.1) is 11.8 Å². The monoisotopic (exact) mass is 570 g/mol. The molecule has 0 spiro atoms. The molecule has 0 aliphatic heterocycles. The number of unbranched alkanes of at least 4 members (excludes halogenated alkanes) is 1. The Morgan fingerprint density at radius 3 is 2.13 bits per heavy atom. The molecule has 0 aromatic carbocycles. The van der Waals surface area contributed by atoms with Crippen molar-refractivity contribution in [1.29, 1.82) is 0 Å².